The Morgan fingerprint density at radius 3 is 2.58 bits per heavy atom. The lowest BCUT2D eigenvalue weighted by molar-refractivity contribution is -0.118. The highest BCUT2D eigenvalue weighted by Crippen LogP contribution is 2.09. The lowest BCUT2D eigenvalue weighted by atomic mass is 10.1. The van der Waals surface area contributed by atoms with E-state index in [1.165, 1.54) is 0 Å². The number of aliphatic hydroxyl groups is 1. The van der Waals surface area contributed by atoms with Crippen molar-refractivity contribution >= 4 is 11.9 Å². The Balaban J connectivity index is 2.55. The second kappa shape index (κ2) is 7.85. The van der Waals surface area contributed by atoms with Crippen molar-refractivity contribution in [2.75, 3.05) is 25.0 Å². The number of amides is 1. The number of aromatic nitrogens is 2. The van der Waals surface area contributed by atoms with E-state index in [-0.39, 0.29) is 31.1 Å². The quantitative estimate of drug-likeness (QED) is 0.726. The molecule has 0 aromatic carbocycles. The second-order valence-electron chi connectivity index (χ2n) is 4.34. The van der Waals surface area contributed by atoms with E-state index >= 15 is 0 Å². The molecule has 0 aliphatic carbocycles. The number of aryl methyl sites for hydroxylation is 1. The third-order valence-electron chi connectivity index (χ3n) is 2.97. The number of hydrogen-bond acceptors (Lipinski definition) is 6. The van der Waals surface area contributed by atoms with Crippen molar-refractivity contribution < 1.29 is 14.3 Å². The fourth-order valence-electron chi connectivity index (χ4n) is 2.01. The van der Waals surface area contributed by atoms with Gasteiger partial charge in [-0.1, -0.05) is 18.9 Å². The molecule has 1 aromatic heterocycles. The molecule has 7 heteroatoms. The summed E-state index contributed by atoms with van der Waals surface area (Å²) in [6.45, 7) is 6.50. The molecular formula is C12H22N4O3. The fraction of sp³-hybridized carbons (Fsp3) is 0.750. The Labute approximate surface area is 113 Å². The number of nitrogens with zero attached hydrogens (tertiary/aromatic N) is 3. The molecular weight excluding hydrogens is 248 g/mol. The van der Waals surface area contributed by atoms with Crippen LogP contribution in [-0.4, -0.2) is 51.8 Å². The molecule has 0 radical (unpaired) electrons. The summed E-state index contributed by atoms with van der Waals surface area (Å²) in [7, 11) is 0. The topological polar surface area (TPSA) is 91.5 Å². The number of carbonyl (C=O) groups excluding carboxylic acids is 1. The lowest BCUT2D eigenvalue weighted by Gasteiger charge is -2.28. The van der Waals surface area contributed by atoms with Crippen molar-refractivity contribution in [3.05, 3.63) is 5.89 Å². The van der Waals surface area contributed by atoms with E-state index in [4.69, 9.17) is 9.52 Å². The molecule has 19 heavy (non-hydrogen) atoms. The van der Waals surface area contributed by atoms with Gasteiger partial charge < -0.3 is 9.52 Å². The fourth-order valence-corrected chi connectivity index (χ4v) is 2.01. The van der Waals surface area contributed by atoms with Crippen LogP contribution in [0.5, 0.6) is 0 Å². The van der Waals surface area contributed by atoms with E-state index in [2.05, 4.69) is 29.4 Å². The molecule has 0 spiro atoms. The normalized spacial score (nSPS) is 11.3. The summed E-state index contributed by atoms with van der Waals surface area (Å²) in [6.07, 6.45) is 1.87. The predicted octanol–water partition coefficient (Wildman–Crippen LogP) is 0.799. The third-order valence-corrected chi connectivity index (χ3v) is 2.97. The zero-order valence-electron chi connectivity index (χ0n) is 11.7. The summed E-state index contributed by atoms with van der Waals surface area (Å²) in [5, 5.41) is 19.0. The second-order valence-corrected chi connectivity index (χ2v) is 4.34. The van der Waals surface area contributed by atoms with Gasteiger partial charge in [0.05, 0.1) is 13.2 Å². The molecule has 1 rings (SSSR count). The predicted molar refractivity (Wildman–Crippen MR) is 70.7 cm³/mol. The highest BCUT2D eigenvalue weighted by atomic mass is 16.4. The average molecular weight is 270 g/mol. The number of rotatable bonds is 8. The molecule has 0 fully saturated rings. The molecule has 1 aromatic rings. The van der Waals surface area contributed by atoms with Crippen LogP contribution >= 0.6 is 0 Å². The molecule has 0 aliphatic heterocycles. The van der Waals surface area contributed by atoms with E-state index < -0.39 is 0 Å². The first-order valence-electron chi connectivity index (χ1n) is 6.55. The molecule has 1 amide bonds. The van der Waals surface area contributed by atoms with Gasteiger partial charge in [-0.2, -0.15) is 0 Å². The van der Waals surface area contributed by atoms with Gasteiger partial charge in [0.1, 0.15) is 0 Å². The van der Waals surface area contributed by atoms with E-state index in [1.807, 2.05) is 4.90 Å². The van der Waals surface area contributed by atoms with E-state index in [0.717, 1.165) is 12.8 Å². The zero-order valence-corrected chi connectivity index (χ0v) is 11.7. The van der Waals surface area contributed by atoms with Gasteiger partial charge in [0.2, 0.25) is 11.8 Å². The maximum absolute atomic E-state index is 11.9. The Kier molecular flexibility index (Phi) is 6.44. The third kappa shape index (κ3) is 4.96. The monoisotopic (exact) mass is 270 g/mol. The summed E-state index contributed by atoms with van der Waals surface area (Å²) in [5.74, 6) is 0.187. The molecule has 0 saturated carbocycles. The van der Waals surface area contributed by atoms with Gasteiger partial charge in [-0.05, 0) is 12.8 Å². The Hall–Kier alpha value is -1.47. The molecule has 0 unspecified atom stereocenters. The first kappa shape index (κ1) is 15.6. The number of hydrogen-bond donors (Lipinski definition) is 2. The minimum absolute atomic E-state index is 0.0312. The van der Waals surface area contributed by atoms with Crippen LogP contribution in [-0.2, 0) is 4.79 Å². The lowest BCUT2D eigenvalue weighted by Crippen LogP contribution is -2.42. The zero-order chi connectivity index (χ0) is 14.3. The van der Waals surface area contributed by atoms with Crippen LogP contribution in [0.15, 0.2) is 4.42 Å². The minimum atomic E-state index is -0.219. The Bertz CT molecular complexity index is 390. The number of aliphatic hydroxyl groups excluding tert-OH is 1. The van der Waals surface area contributed by atoms with Gasteiger partial charge in [0.25, 0.3) is 0 Å². The molecule has 2 N–H and O–H groups in total. The van der Waals surface area contributed by atoms with Crippen LogP contribution in [0.2, 0.25) is 0 Å². The van der Waals surface area contributed by atoms with Crippen LogP contribution in [0.3, 0.4) is 0 Å². The van der Waals surface area contributed by atoms with Crippen LogP contribution in [0.4, 0.5) is 6.01 Å². The molecule has 108 valence electrons. The van der Waals surface area contributed by atoms with E-state index in [1.54, 1.807) is 6.92 Å². The Morgan fingerprint density at radius 1 is 1.42 bits per heavy atom. The van der Waals surface area contributed by atoms with Gasteiger partial charge >= 0.3 is 6.01 Å². The van der Waals surface area contributed by atoms with Crippen molar-refractivity contribution in [3.8, 4) is 0 Å². The van der Waals surface area contributed by atoms with E-state index in [0.29, 0.717) is 12.4 Å². The highest BCUT2D eigenvalue weighted by molar-refractivity contribution is 5.90. The van der Waals surface area contributed by atoms with Gasteiger partial charge in [-0.25, -0.2) is 0 Å². The summed E-state index contributed by atoms with van der Waals surface area (Å²) < 4.78 is 5.09. The molecule has 0 bridgehead atoms. The largest absolute Gasteiger partial charge is 0.408 e. The molecule has 0 atom stereocenters. The molecule has 0 saturated heterocycles. The summed E-state index contributed by atoms with van der Waals surface area (Å²) in [4.78, 5) is 13.8. The SMILES string of the molecule is CCC(CC)N(CCO)CC(=O)Nc1nnc(C)o1. The van der Waals surface area contributed by atoms with Crippen LogP contribution in [0, 0.1) is 6.92 Å². The summed E-state index contributed by atoms with van der Waals surface area (Å²) in [6, 6.07) is 0.387. The molecule has 0 aliphatic rings. The van der Waals surface area contributed by atoms with Gasteiger partial charge in [0.15, 0.2) is 0 Å². The van der Waals surface area contributed by atoms with Crippen molar-refractivity contribution in [3.63, 3.8) is 0 Å². The standard InChI is InChI=1S/C12H22N4O3/c1-4-10(5-2)16(6-7-17)8-11(18)13-12-15-14-9(3)19-12/h10,17H,4-8H2,1-3H3,(H,13,15,18). The van der Waals surface area contributed by atoms with Crippen LogP contribution in [0.25, 0.3) is 0 Å². The highest BCUT2D eigenvalue weighted by Gasteiger charge is 2.18. The average Bonchev–Trinajstić information content (AvgIpc) is 2.76. The number of anilines is 1. The van der Waals surface area contributed by atoms with Gasteiger partial charge in [0, 0.05) is 19.5 Å². The molecule has 1 heterocycles. The first-order chi connectivity index (χ1) is 9.10. The smallest absolute Gasteiger partial charge is 0.322 e. The van der Waals surface area contributed by atoms with Crippen molar-refractivity contribution in [1.82, 2.24) is 15.1 Å². The van der Waals surface area contributed by atoms with Gasteiger partial charge in [-0.15, -0.1) is 5.10 Å². The number of carbonyl (C=O) groups is 1. The summed E-state index contributed by atoms with van der Waals surface area (Å²) >= 11 is 0. The van der Waals surface area contributed by atoms with Gasteiger partial charge in [-0.3, -0.25) is 15.0 Å². The van der Waals surface area contributed by atoms with Crippen molar-refractivity contribution in [1.29, 1.82) is 0 Å². The minimum Gasteiger partial charge on any atom is -0.408 e. The number of nitrogens with one attached hydrogen (secondary N) is 1. The maximum atomic E-state index is 11.9. The summed E-state index contributed by atoms with van der Waals surface area (Å²) in [5.41, 5.74) is 0. The van der Waals surface area contributed by atoms with Crippen LogP contribution < -0.4 is 5.32 Å². The Morgan fingerprint density at radius 2 is 2.11 bits per heavy atom. The molecule has 7 nitrogen and oxygen atoms in total. The van der Waals surface area contributed by atoms with E-state index in [9.17, 15) is 4.79 Å². The van der Waals surface area contributed by atoms with Crippen molar-refractivity contribution in [2.45, 2.75) is 39.7 Å². The van der Waals surface area contributed by atoms with Crippen LogP contribution in [0.1, 0.15) is 32.6 Å². The first-order valence-corrected chi connectivity index (χ1v) is 6.55. The van der Waals surface area contributed by atoms with Crippen molar-refractivity contribution in [2.24, 2.45) is 0 Å². The maximum Gasteiger partial charge on any atom is 0.322 e.